The molecule has 0 fully saturated rings. The van der Waals surface area contributed by atoms with E-state index in [1.807, 2.05) is 0 Å². The predicted molar refractivity (Wildman–Crippen MR) is 80.9 cm³/mol. The lowest BCUT2D eigenvalue weighted by Crippen LogP contribution is -2.42. The van der Waals surface area contributed by atoms with Crippen LogP contribution in [0.3, 0.4) is 0 Å². The van der Waals surface area contributed by atoms with Crippen LogP contribution in [0.5, 0.6) is 11.5 Å². The molecule has 0 heterocycles. The fraction of sp³-hybridized carbons (Fsp3) is 0.125. The molecule has 0 spiro atoms. The number of hydrogen-bond donors (Lipinski definition) is 2. The van der Waals surface area contributed by atoms with Crippen LogP contribution in [-0.4, -0.2) is 26.0 Å². The predicted octanol–water partition coefficient (Wildman–Crippen LogP) is 1.92. The van der Waals surface area contributed by atoms with Gasteiger partial charge in [0.1, 0.15) is 17.3 Å². The van der Waals surface area contributed by atoms with E-state index in [1.165, 1.54) is 38.5 Å². The summed E-state index contributed by atoms with van der Waals surface area (Å²) in [5, 5.41) is 0. The Balaban J connectivity index is 2.11. The minimum absolute atomic E-state index is 0.167. The first-order valence-electron chi connectivity index (χ1n) is 6.64. The monoisotopic (exact) mass is 318 g/mol. The van der Waals surface area contributed by atoms with Gasteiger partial charge in [0.2, 0.25) is 0 Å². The van der Waals surface area contributed by atoms with Gasteiger partial charge in [-0.15, -0.1) is 0 Å². The number of hydrazine groups is 1. The number of hydrogen-bond acceptors (Lipinski definition) is 4. The molecule has 0 radical (unpaired) electrons. The van der Waals surface area contributed by atoms with Gasteiger partial charge in [-0.25, -0.2) is 4.39 Å². The molecule has 2 rings (SSSR count). The van der Waals surface area contributed by atoms with E-state index in [9.17, 15) is 14.0 Å². The lowest BCUT2D eigenvalue weighted by molar-refractivity contribution is 0.0842. The molecule has 0 aliphatic carbocycles. The molecule has 2 aromatic rings. The molecular weight excluding hydrogens is 303 g/mol. The Hall–Kier alpha value is -3.09. The average molecular weight is 318 g/mol. The van der Waals surface area contributed by atoms with Crippen LogP contribution >= 0.6 is 0 Å². The minimum Gasteiger partial charge on any atom is -0.497 e. The van der Waals surface area contributed by atoms with Crippen molar-refractivity contribution in [2.45, 2.75) is 0 Å². The van der Waals surface area contributed by atoms with E-state index in [-0.39, 0.29) is 11.1 Å². The van der Waals surface area contributed by atoms with Crippen molar-refractivity contribution < 1.29 is 23.5 Å². The van der Waals surface area contributed by atoms with Gasteiger partial charge in [0, 0.05) is 0 Å². The summed E-state index contributed by atoms with van der Waals surface area (Å²) in [6, 6.07) is 10.1. The van der Waals surface area contributed by atoms with Gasteiger partial charge in [-0.2, -0.15) is 0 Å². The first kappa shape index (κ1) is 16.3. The van der Waals surface area contributed by atoms with Crippen molar-refractivity contribution in [3.63, 3.8) is 0 Å². The molecule has 2 amide bonds. The molecule has 0 aliphatic rings. The van der Waals surface area contributed by atoms with Gasteiger partial charge in [0.15, 0.2) is 0 Å². The van der Waals surface area contributed by atoms with E-state index in [1.54, 1.807) is 12.1 Å². The van der Waals surface area contributed by atoms with Crippen molar-refractivity contribution in [2.24, 2.45) is 0 Å². The maximum atomic E-state index is 13.5. The van der Waals surface area contributed by atoms with Crippen LogP contribution in [0.1, 0.15) is 20.7 Å². The first-order chi connectivity index (χ1) is 11.1. The second-order valence-electron chi connectivity index (χ2n) is 4.45. The smallest absolute Gasteiger partial charge is 0.273 e. The lowest BCUT2D eigenvalue weighted by atomic mass is 10.2. The third-order valence-corrected chi connectivity index (χ3v) is 3.06. The van der Waals surface area contributed by atoms with Crippen LogP contribution in [0.2, 0.25) is 0 Å². The maximum Gasteiger partial charge on any atom is 0.273 e. The van der Waals surface area contributed by atoms with Crippen LogP contribution in [0.15, 0.2) is 42.5 Å². The molecule has 2 aromatic carbocycles. The van der Waals surface area contributed by atoms with Crippen molar-refractivity contribution in [2.75, 3.05) is 14.2 Å². The summed E-state index contributed by atoms with van der Waals surface area (Å²) in [7, 11) is 2.87. The van der Waals surface area contributed by atoms with Crippen molar-refractivity contribution in [3.8, 4) is 11.5 Å². The van der Waals surface area contributed by atoms with Crippen molar-refractivity contribution >= 4 is 11.8 Å². The third kappa shape index (κ3) is 3.76. The highest BCUT2D eigenvalue weighted by molar-refractivity contribution is 6.00. The van der Waals surface area contributed by atoms with E-state index in [4.69, 9.17) is 9.47 Å². The zero-order chi connectivity index (χ0) is 16.8. The maximum absolute atomic E-state index is 13.5. The van der Waals surface area contributed by atoms with E-state index in [2.05, 4.69) is 10.9 Å². The number of nitrogens with one attached hydrogen (secondary N) is 2. The zero-order valence-electron chi connectivity index (χ0n) is 12.6. The van der Waals surface area contributed by atoms with Gasteiger partial charge < -0.3 is 9.47 Å². The summed E-state index contributed by atoms with van der Waals surface area (Å²) in [5.74, 6) is -1.30. The van der Waals surface area contributed by atoms with Crippen molar-refractivity contribution in [3.05, 3.63) is 59.4 Å². The Bertz CT molecular complexity index is 734. The number of rotatable bonds is 4. The number of ether oxygens (including phenoxy) is 2. The number of carbonyl (C=O) groups excluding carboxylic acids is 2. The normalized spacial score (nSPS) is 9.87. The Morgan fingerprint density at radius 2 is 1.57 bits per heavy atom. The van der Waals surface area contributed by atoms with Gasteiger partial charge in [-0.05, 0) is 30.3 Å². The highest BCUT2D eigenvalue weighted by atomic mass is 19.1. The van der Waals surface area contributed by atoms with Crippen LogP contribution in [0.4, 0.5) is 4.39 Å². The van der Waals surface area contributed by atoms with Crippen molar-refractivity contribution in [1.29, 1.82) is 0 Å². The molecular formula is C16H15FN2O4. The summed E-state index contributed by atoms with van der Waals surface area (Å²) < 4.78 is 23.6. The van der Waals surface area contributed by atoms with Gasteiger partial charge in [0.05, 0.1) is 25.3 Å². The van der Waals surface area contributed by atoms with Crippen molar-refractivity contribution in [1.82, 2.24) is 10.9 Å². The molecule has 23 heavy (non-hydrogen) atoms. The zero-order valence-corrected chi connectivity index (χ0v) is 12.6. The van der Waals surface area contributed by atoms with Gasteiger partial charge in [-0.3, -0.25) is 20.4 Å². The van der Waals surface area contributed by atoms with E-state index in [0.717, 1.165) is 6.07 Å². The summed E-state index contributed by atoms with van der Waals surface area (Å²) in [6.07, 6.45) is 0. The standard InChI is InChI=1S/C16H15FN2O4/c1-22-10-7-8-14(23-2)12(9-10)16(21)19-18-15(20)11-5-3-4-6-13(11)17/h3-9H,1-2H3,(H,18,20)(H,19,21). The van der Waals surface area contributed by atoms with Gasteiger partial charge in [-0.1, -0.05) is 12.1 Å². The molecule has 0 atom stereocenters. The van der Waals surface area contributed by atoms with Crippen LogP contribution in [0, 0.1) is 5.82 Å². The Morgan fingerprint density at radius 1 is 0.913 bits per heavy atom. The summed E-state index contributed by atoms with van der Waals surface area (Å²) in [5.41, 5.74) is 4.35. The molecule has 7 heteroatoms. The second-order valence-corrected chi connectivity index (χ2v) is 4.45. The molecule has 6 nitrogen and oxygen atoms in total. The molecule has 0 aromatic heterocycles. The first-order valence-corrected chi connectivity index (χ1v) is 6.64. The van der Waals surface area contributed by atoms with Crippen LogP contribution < -0.4 is 20.3 Å². The minimum atomic E-state index is -0.765. The van der Waals surface area contributed by atoms with Crippen LogP contribution in [0.25, 0.3) is 0 Å². The average Bonchev–Trinajstić information content (AvgIpc) is 2.59. The molecule has 120 valence electrons. The van der Waals surface area contributed by atoms with Gasteiger partial charge >= 0.3 is 0 Å². The molecule has 0 unspecified atom stereocenters. The number of halogens is 1. The quantitative estimate of drug-likeness (QED) is 0.845. The number of benzene rings is 2. The molecule has 2 N–H and O–H groups in total. The lowest BCUT2D eigenvalue weighted by Gasteiger charge is -2.11. The fourth-order valence-corrected chi connectivity index (χ4v) is 1.89. The Labute approximate surface area is 132 Å². The van der Waals surface area contributed by atoms with E-state index >= 15 is 0 Å². The van der Waals surface area contributed by atoms with Gasteiger partial charge in [0.25, 0.3) is 11.8 Å². The highest BCUT2D eigenvalue weighted by Crippen LogP contribution is 2.23. The topological polar surface area (TPSA) is 76.7 Å². The SMILES string of the molecule is COc1ccc(OC)c(C(=O)NNC(=O)c2ccccc2F)c1. The molecule has 0 saturated heterocycles. The molecule has 0 saturated carbocycles. The van der Waals surface area contributed by atoms with E-state index < -0.39 is 17.6 Å². The number of amides is 2. The fourth-order valence-electron chi connectivity index (χ4n) is 1.89. The second kappa shape index (κ2) is 7.26. The number of methoxy groups -OCH3 is 2. The third-order valence-electron chi connectivity index (χ3n) is 3.06. The molecule has 0 bridgehead atoms. The number of carbonyl (C=O) groups is 2. The summed E-state index contributed by atoms with van der Waals surface area (Å²) >= 11 is 0. The Kier molecular flexibility index (Phi) is 5.14. The highest BCUT2D eigenvalue weighted by Gasteiger charge is 2.16. The van der Waals surface area contributed by atoms with Crippen LogP contribution in [-0.2, 0) is 0 Å². The Morgan fingerprint density at radius 3 is 2.17 bits per heavy atom. The summed E-state index contributed by atoms with van der Waals surface area (Å²) in [6.45, 7) is 0. The van der Waals surface area contributed by atoms with E-state index in [0.29, 0.717) is 11.5 Å². The molecule has 0 aliphatic heterocycles. The largest absolute Gasteiger partial charge is 0.497 e. The summed E-state index contributed by atoms with van der Waals surface area (Å²) in [4.78, 5) is 24.0.